The summed E-state index contributed by atoms with van der Waals surface area (Å²) in [7, 11) is 0. The van der Waals surface area contributed by atoms with Gasteiger partial charge >= 0.3 is 5.97 Å². The fourth-order valence-corrected chi connectivity index (χ4v) is 2.24. The number of carbonyl (C=O) groups is 1. The SMILES string of the molecule is Cc1cc(NCc2ccccc2C)c(C(=O)O)c(C)n1. The van der Waals surface area contributed by atoms with Gasteiger partial charge < -0.3 is 10.4 Å². The molecule has 0 radical (unpaired) electrons. The Balaban J connectivity index is 2.30. The number of anilines is 1. The van der Waals surface area contributed by atoms with Crippen LogP contribution in [0.3, 0.4) is 0 Å². The molecule has 0 saturated carbocycles. The van der Waals surface area contributed by atoms with Gasteiger partial charge in [0.2, 0.25) is 0 Å². The van der Waals surface area contributed by atoms with Crippen molar-refractivity contribution in [1.82, 2.24) is 4.98 Å². The second kappa shape index (κ2) is 5.74. The standard InChI is InChI=1S/C16H18N2O2/c1-10-6-4-5-7-13(10)9-17-14-8-11(2)18-12(3)15(14)16(19)20/h4-8H,9H2,1-3H3,(H,17,18)(H,19,20). The molecule has 0 bridgehead atoms. The van der Waals surface area contributed by atoms with E-state index >= 15 is 0 Å². The highest BCUT2D eigenvalue weighted by Gasteiger charge is 2.15. The van der Waals surface area contributed by atoms with Gasteiger partial charge in [0.1, 0.15) is 5.56 Å². The molecule has 20 heavy (non-hydrogen) atoms. The molecule has 0 aliphatic rings. The summed E-state index contributed by atoms with van der Waals surface area (Å²) in [6.07, 6.45) is 0. The average molecular weight is 270 g/mol. The molecule has 0 aliphatic carbocycles. The lowest BCUT2D eigenvalue weighted by Crippen LogP contribution is -2.10. The van der Waals surface area contributed by atoms with E-state index in [1.165, 1.54) is 5.56 Å². The molecule has 4 nitrogen and oxygen atoms in total. The lowest BCUT2D eigenvalue weighted by atomic mass is 10.1. The molecular formula is C16H18N2O2. The van der Waals surface area contributed by atoms with Gasteiger partial charge in [0.25, 0.3) is 0 Å². The summed E-state index contributed by atoms with van der Waals surface area (Å²) in [6, 6.07) is 9.81. The molecule has 0 atom stereocenters. The predicted octanol–water partition coefficient (Wildman–Crippen LogP) is 3.32. The van der Waals surface area contributed by atoms with Crippen molar-refractivity contribution in [2.24, 2.45) is 0 Å². The van der Waals surface area contributed by atoms with Gasteiger partial charge in [-0.05, 0) is 38.0 Å². The number of nitrogens with zero attached hydrogens (tertiary/aromatic N) is 1. The zero-order valence-electron chi connectivity index (χ0n) is 11.9. The number of hydrogen-bond acceptors (Lipinski definition) is 3. The Bertz CT molecular complexity index is 651. The maximum Gasteiger partial charge on any atom is 0.339 e. The zero-order chi connectivity index (χ0) is 14.7. The predicted molar refractivity (Wildman–Crippen MR) is 79.2 cm³/mol. The summed E-state index contributed by atoms with van der Waals surface area (Å²) in [5.74, 6) is -0.956. The van der Waals surface area contributed by atoms with Crippen LogP contribution in [0.15, 0.2) is 30.3 Å². The maximum atomic E-state index is 11.4. The van der Waals surface area contributed by atoms with Crippen LogP contribution in [0.25, 0.3) is 0 Å². The van der Waals surface area contributed by atoms with Gasteiger partial charge in [0.15, 0.2) is 0 Å². The fourth-order valence-electron chi connectivity index (χ4n) is 2.24. The third kappa shape index (κ3) is 2.96. The van der Waals surface area contributed by atoms with E-state index < -0.39 is 5.97 Å². The van der Waals surface area contributed by atoms with Crippen molar-refractivity contribution >= 4 is 11.7 Å². The molecule has 0 fully saturated rings. The fraction of sp³-hybridized carbons (Fsp3) is 0.250. The number of aryl methyl sites for hydroxylation is 3. The lowest BCUT2D eigenvalue weighted by Gasteiger charge is -2.13. The number of aromatic nitrogens is 1. The molecule has 1 heterocycles. The van der Waals surface area contributed by atoms with Gasteiger partial charge in [0.05, 0.1) is 11.4 Å². The Morgan fingerprint density at radius 1 is 1.25 bits per heavy atom. The summed E-state index contributed by atoms with van der Waals surface area (Å²) in [5, 5.41) is 12.5. The van der Waals surface area contributed by atoms with Crippen LogP contribution in [0, 0.1) is 20.8 Å². The Hall–Kier alpha value is -2.36. The molecule has 0 saturated heterocycles. The number of nitrogens with one attached hydrogen (secondary N) is 1. The maximum absolute atomic E-state index is 11.4. The van der Waals surface area contributed by atoms with Crippen LogP contribution in [0.2, 0.25) is 0 Å². The van der Waals surface area contributed by atoms with Crippen LogP contribution >= 0.6 is 0 Å². The second-order valence-corrected chi connectivity index (χ2v) is 4.86. The Morgan fingerprint density at radius 3 is 2.60 bits per heavy atom. The minimum atomic E-state index is -0.956. The van der Waals surface area contributed by atoms with E-state index in [-0.39, 0.29) is 5.56 Å². The minimum Gasteiger partial charge on any atom is -0.478 e. The summed E-state index contributed by atoms with van der Waals surface area (Å²) < 4.78 is 0. The van der Waals surface area contributed by atoms with Gasteiger partial charge in [-0.25, -0.2) is 4.79 Å². The molecule has 4 heteroatoms. The number of rotatable bonds is 4. The molecule has 1 aromatic carbocycles. The van der Waals surface area contributed by atoms with Crippen LogP contribution in [0.5, 0.6) is 0 Å². The van der Waals surface area contributed by atoms with Gasteiger partial charge in [-0.1, -0.05) is 24.3 Å². The second-order valence-electron chi connectivity index (χ2n) is 4.86. The highest BCUT2D eigenvalue weighted by atomic mass is 16.4. The van der Waals surface area contributed by atoms with Gasteiger partial charge in [-0.15, -0.1) is 0 Å². The van der Waals surface area contributed by atoms with Crippen molar-refractivity contribution in [1.29, 1.82) is 0 Å². The van der Waals surface area contributed by atoms with Gasteiger partial charge in [-0.3, -0.25) is 4.98 Å². The number of carboxylic acids is 1. The van der Waals surface area contributed by atoms with Crippen LogP contribution in [0.1, 0.15) is 32.9 Å². The molecule has 2 aromatic rings. The van der Waals surface area contributed by atoms with Crippen molar-refractivity contribution in [2.75, 3.05) is 5.32 Å². The number of pyridine rings is 1. The molecule has 0 amide bonds. The van der Waals surface area contributed by atoms with Crippen molar-refractivity contribution < 1.29 is 9.90 Å². The third-order valence-electron chi connectivity index (χ3n) is 3.27. The number of aromatic carboxylic acids is 1. The van der Waals surface area contributed by atoms with E-state index in [1.807, 2.05) is 38.1 Å². The summed E-state index contributed by atoms with van der Waals surface area (Å²) in [4.78, 5) is 15.6. The van der Waals surface area contributed by atoms with E-state index in [0.717, 1.165) is 11.3 Å². The molecule has 0 spiro atoms. The molecule has 0 unspecified atom stereocenters. The molecule has 104 valence electrons. The van der Waals surface area contributed by atoms with E-state index in [9.17, 15) is 9.90 Å². The average Bonchev–Trinajstić information content (AvgIpc) is 2.36. The van der Waals surface area contributed by atoms with Crippen molar-refractivity contribution in [3.8, 4) is 0 Å². The molecule has 0 aliphatic heterocycles. The van der Waals surface area contributed by atoms with E-state index in [2.05, 4.69) is 10.3 Å². The third-order valence-corrected chi connectivity index (χ3v) is 3.27. The Morgan fingerprint density at radius 2 is 1.95 bits per heavy atom. The smallest absolute Gasteiger partial charge is 0.339 e. The van der Waals surface area contributed by atoms with Crippen LogP contribution in [-0.4, -0.2) is 16.1 Å². The summed E-state index contributed by atoms with van der Waals surface area (Å²) in [6.45, 7) is 6.21. The summed E-state index contributed by atoms with van der Waals surface area (Å²) >= 11 is 0. The highest BCUT2D eigenvalue weighted by Crippen LogP contribution is 2.21. The zero-order valence-corrected chi connectivity index (χ0v) is 11.9. The highest BCUT2D eigenvalue weighted by molar-refractivity contribution is 5.95. The molecule has 2 rings (SSSR count). The van der Waals surface area contributed by atoms with Crippen LogP contribution in [0.4, 0.5) is 5.69 Å². The monoisotopic (exact) mass is 270 g/mol. The first-order valence-electron chi connectivity index (χ1n) is 6.49. The first-order chi connectivity index (χ1) is 9.49. The van der Waals surface area contributed by atoms with E-state index in [4.69, 9.17) is 0 Å². The van der Waals surface area contributed by atoms with Crippen LogP contribution in [-0.2, 0) is 6.54 Å². The number of hydrogen-bond donors (Lipinski definition) is 2. The van der Waals surface area contributed by atoms with Crippen LogP contribution < -0.4 is 5.32 Å². The minimum absolute atomic E-state index is 0.240. The Kier molecular flexibility index (Phi) is 4.03. The van der Waals surface area contributed by atoms with Gasteiger partial charge in [-0.2, -0.15) is 0 Å². The number of carboxylic acid groups (broad SMARTS) is 1. The first-order valence-corrected chi connectivity index (χ1v) is 6.49. The van der Waals surface area contributed by atoms with E-state index in [0.29, 0.717) is 17.9 Å². The van der Waals surface area contributed by atoms with Gasteiger partial charge in [0, 0.05) is 12.2 Å². The summed E-state index contributed by atoms with van der Waals surface area (Å²) in [5.41, 5.74) is 4.52. The van der Waals surface area contributed by atoms with E-state index in [1.54, 1.807) is 13.0 Å². The van der Waals surface area contributed by atoms with Crippen molar-refractivity contribution in [2.45, 2.75) is 27.3 Å². The molecule has 2 N–H and O–H groups in total. The topological polar surface area (TPSA) is 62.2 Å². The van der Waals surface area contributed by atoms with Crippen molar-refractivity contribution in [3.05, 3.63) is 58.4 Å². The quantitative estimate of drug-likeness (QED) is 0.894. The molecule has 1 aromatic heterocycles. The van der Waals surface area contributed by atoms with Crippen molar-refractivity contribution in [3.63, 3.8) is 0 Å². The largest absolute Gasteiger partial charge is 0.478 e. The Labute approximate surface area is 118 Å². The first kappa shape index (κ1) is 14.1. The normalized spacial score (nSPS) is 10.3. The number of benzene rings is 1. The molecular weight excluding hydrogens is 252 g/mol. The lowest BCUT2D eigenvalue weighted by molar-refractivity contribution is 0.0696.